The molecule has 1 aliphatic carbocycles. The van der Waals surface area contributed by atoms with Gasteiger partial charge in [-0.1, -0.05) is 18.5 Å². The van der Waals surface area contributed by atoms with Crippen molar-refractivity contribution >= 4 is 27.3 Å². The number of hydrogen-bond acceptors (Lipinski definition) is 7. The molecule has 1 atom stereocenters. The number of rotatable bonds is 7. The average molecular weight is 453 g/mol. The third-order valence-corrected chi connectivity index (χ3v) is 9.08. The van der Waals surface area contributed by atoms with E-state index in [2.05, 4.69) is 15.5 Å². The molecule has 1 unspecified atom stereocenters. The van der Waals surface area contributed by atoms with Gasteiger partial charge in [0, 0.05) is 30.4 Å². The van der Waals surface area contributed by atoms with Gasteiger partial charge in [0.1, 0.15) is 0 Å². The van der Waals surface area contributed by atoms with Crippen LogP contribution in [0.5, 0.6) is 0 Å². The number of nitrogens with zero attached hydrogens (tertiary/aromatic N) is 3. The van der Waals surface area contributed by atoms with Gasteiger partial charge in [-0.25, -0.2) is 8.42 Å². The minimum Gasteiger partial charge on any atom is -0.356 e. The van der Waals surface area contributed by atoms with Crippen LogP contribution in [-0.2, 0) is 14.8 Å². The van der Waals surface area contributed by atoms with E-state index in [4.69, 9.17) is 4.52 Å². The Kier molecular flexibility index (Phi) is 6.26. The van der Waals surface area contributed by atoms with Crippen LogP contribution >= 0.6 is 11.3 Å². The second kappa shape index (κ2) is 8.76. The lowest BCUT2D eigenvalue weighted by Gasteiger charge is -2.31. The molecule has 164 valence electrons. The molecular formula is C20H28N4O4S2. The van der Waals surface area contributed by atoms with Gasteiger partial charge in [0.15, 0.2) is 0 Å². The molecule has 0 bridgehead atoms. The maximum absolute atomic E-state index is 13.3. The molecule has 3 heterocycles. The molecule has 30 heavy (non-hydrogen) atoms. The van der Waals surface area contributed by atoms with E-state index in [1.54, 1.807) is 13.0 Å². The quantitative estimate of drug-likeness (QED) is 0.691. The molecule has 1 amide bonds. The van der Waals surface area contributed by atoms with Gasteiger partial charge in [0.2, 0.25) is 27.6 Å². The van der Waals surface area contributed by atoms with Crippen LogP contribution < -0.4 is 5.32 Å². The molecule has 2 aliphatic rings. The molecular weight excluding hydrogens is 424 g/mol. The van der Waals surface area contributed by atoms with Crippen LogP contribution in [0.4, 0.5) is 0 Å². The van der Waals surface area contributed by atoms with Crippen molar-refractivity contribution in [2.45, 2.75) is 63.2 Å². The summed E-state index contributed by atoms with van der Waals surface area (Å²) in [6.07, 6.45) is 5.54. The summed E-state index contributed by atoms with van der Waals surface area (Å²) >= 11 is 1.36. The van der Waals surface area contributed by atoms with Crippen molar-refractivity contribution < 1.29 is 17.7 Å². The highest BCUT2D eigenvalue weighted by atomic mass is 32.2. The summed E-state index contributed by atoms with van der Waals surface area (Å²) in [5.74, 6) is 1.06. The number of sulfonamides is 1. The number of piperidine rings is 1. The number of carbonyl (C=O) groups is 1. The van der Waals surface area contributed by atoms with E-state index in [1.165, 1.54) is 22.1 Å². The monoisotopic (exact) mass is 452 g/mol. The van der Waals surface area contributed by atoms with Crippen molar-refractivity contribution in [2.75, 3.05) is 19.6 Å². The van der Waals surface area contributed by atoms with Crippen LogP contribution in [0.3, 0.4) is 0 Å². The maximum atomic E-state index is 13.3. The molecule has 1 N–H and O–H groups in total. The Balaban J connectivity index is 1.52. The fourth-order valence-corrected chi connectivity index (χ4v) is 6.90. The Labute approximate surface area is 181 Å². The van der Waals surface area contributed by atoms with Crippen LogP contribution in [0.2, 0.25) is 0 Å². The molecule has 1 aliphatic heterocycles. The molecule has 2 aromatic heterocycles. The van der Waals surface area contributed by atoms with Crippen molar-refractivity contribution in [1.29, 1.82) is 0 Å². The molecule has 8 nitrogen and oxygen atoms in total. The highest BCUT2D eigenvalue weighted by Gasteiger charge is 2.35. The fourth-order valence-electron chi connectivity index (χ4n) is 3.89. The highest BCUT2D eigenvalue weighted by molar-refractivity contribution is 7.89. The summed E-state index contributed by atoms with van der Waals surface area (Å²) < 4.78 is 33.5. The molecule has 1 saturated carbocycles. The lowest BCUT2D eigenvalue weighted by atomic mass is 9.85. The molecule has 0 spiro atoms. The van der Waals surface area contributed by atoms with Crippen molar-refractivity contribution in [3.63, 3.8) is 0 Å². The molecule has 0 radical (unpaired) electrons. The number of carbonyl (C=O) groups excluding carboxylic acids is 1. The second-order valence-corrected chi connectivity index (χ2v) is 11.3. The Morgan fingerprint density at radius 1 is 1.33 bits per heavy atom. The molecule has 2 fully saturated rings. The van der Waals surface area contributed by atoms with Crippen LogP contribution in [0, 0.1) is 12.8 Å². The van der Waals surface area contributed by atoms with Gasteiger partial charge in [-0.2, -0.15) is 9.29 Å². The topological polar surface area (TPSA) is 105 Å². The van der Waals surface area contributed by atoms with Gasteiger partial charge in [-0.05, 0) is 45.1 Å². The Bertz CT molecular complexity index is 1010. The largest absolute Gasteiger partial charge is 0.356 e. The summed E-state index contributed by atoms with van der Waals surface area (Å²) in [6.45, 7) is 5.05. The molecule has 2 aromatic rings. The van der Waals surface area contributed by atoms with E-state index in [0.29, 0.717) is 53.3 Å². The van der Waals surface area contributed by atoms with E-state index in [0.717, 1.165) is 19.3 Å². The van der Waals surface area contributed by atoms with Crippen LogP contribution in [0.15, 0.2) is 15.5 Å². The van der Waals surface area contributed by atoms with E-state index in [-0.39, 0.29) is 23.3 Å². The zero-order valence-corrected chi connectivity index (χ0v) is 19.0. The minimum absolute atomic E-state index is 0.0604. The predicted octanol–water partition coefficient (Wildman–Crippen LogP) is 3.30. The normalized spacial score (nSPS) is 20.8. The number of aryl methyl sites for hydroxylation is 1. The maximum Gasteiger partial charge on any atom is 0.244 e. The van der Waals surface area contributed by atoms with Crippen LogP contribution in [-0.4, -0.2) is 48.4 Å². The first-order chi connectivity index (χ1) is 14.4. The third kappa shape index (κ3) is 4.17. The number of amides is 1. The Hall–Kier alpha value is -1.78. The molecule has 0 aromatic carbocycles. The van der Waals surface area contributed by atoms with Gasteiger partial charge in [-0.15, -0.1) is 11.3 Å². The first-order valence-corrected chi connectivity index (χ1v) is 12.9. The van der Waals surface area contributed by atoms with Gasteiger partial charge in [0.25, 0.3) is 0 Å². The summed E-state index contributed by atoms with van der Waals surface area (Å²) in [7, 11) is -3.69. The smallest absolute Gasteiger partial charge is 0.244 e. The van der Waals surface area contributed by atoms with Crippen molar-refractivity contribution in [1.82, 2.24) is 19.8 Å². The van der Waals surface area contributed by atoms with Gasteiger partial charge in [-0.3, -0.25) is 4.79 Å². The summed E-state index contributed by atoms with van der Waals surface area (Å²) in [5.41, 5.74) is 0. The zero-order chi connectivity index (χ0) is 21.3. The van der Waals surface area contributed by atoms with Gasteiger partial charge in [0.05, 0.1) is 15.7 Å². The molecule has 4 rings (SSSR count). The van der Waals surface area contributed by atoms with Crippen molar-refractivity contribution in [3.8, 4) is 10.7 Å². The second-order valence-electron chi connectivity index (χ2n) is 8.11. The molecule has 1 saturated heterocycles. The number of nitrogens with one attached hydrogen (secondary N) is 1. The standard InChI is InChI=1S/C20H28N4O4S2/c1-3-9-21-19(25)15-8-5-10-24(12-15)30(26,27)17-11-16(29-13(17)2)18-22-20(28-23-18)14-6-4-7-14/h11,14-15H,3-10,12H2,1-2H3,(H,21,25). The van der Waals surface area contributed by atoms with E-state index in [9.17, 15) is 13.2 Å². The summed E-state index contributed by atoms with van der Waals surface area (Å²) in [4.78, 5) is 18.5. The van der Waals surface area contributed by atoms with Gasteiger partial charge < -0.3 is 9.84 Å². The van der Waals surface area contributed by atoms with Crippen LogP contribution in [0.1, 0.15) is 62.1 Å². The fraction of sp³-hybridized carbons (Fsp3) is 0.650. The van der Waals surface area contributed by atoms with Crippen molar-refractivity contribution in [3.05, 3.63) is 16.8 Å². The Morgan fingerprint density at radius 3 is 2.83 bits per heavy atom. The van der Waals surface area contributed by atoms with E-state index >= 15 is 0 Å². The molecule has 10 heteroatoms. The SMILES string of the molecule is CCCNC(=O)C1CCCN(S(=O)(=O)c2cc(-c3noc(C4CCC4)n3)sc2C)C1. The van der Waals surface area contributed by atoms with Crippen molar-refractivity contribution in [2.24, 2.45) is 5.92 Å². The van der Waals surface area contributed by atoms with Crippen LogP contribution in [0.25, 0.3) is 10.7 Å². The average Bonchev–Trinajstić information content (AvgIpc) is 3.32. The minimum atomic E-state index is -3.69. The van der Waals surface area contributed by atoms with Gasteiger partial charge >= 0.3 is 0 Å². The van der Waals surface area contributed by atoms with E-state index in [1.807, 2.05) is 6.92 Å². The first-order valence-electron chi connectivity index (χ1n) is 10.6. The summed E-state index contributed by atoms with van der Waals surface area (Å²) in [5, 5.41) is 6.95. The lowest BCUT2D eigenvalue weighted by Crippen LogP contribution is -2.45. The van der Waals surface area contributed by atoms with E-state index < -0.39 is 10.0 Å². The lowest BCUT2D eigenvalue weighted by molar-refractivity contribution is -0.126. The zero-order valence-electron chi connectivity index (χ0n) is 17.4. The highest BCUT2D eigenvalue weighted by Crippen LogP contribution is 2.38. The number of thiophene rings is 1. The first kappa shape index (κ1) is 21.5. The predicted molar refractivity (Wildman–Crippen MR) is 114 cm³/mol. The summed E-state index contributed by atoms with van der Waals surface area (Å²) in [6, 6.07) is 1.64. The Morgan fingerprint density at radius 2 is 2.13 bits per heavy atom. The number of hydrogen-bond donors (Lipinski definition) is 1. The number of aromatic nitrogens is 2. The third-order valence-electron chi connectivity index (χ3n) is 5.91.